The van der Waals surface area contributed by atoms with Crippen LogP contribution in [0, 0.1) is 0 Å². The van der Waals surface area contributed by atoms with Crippen LogP contribution in [0.25, 0.3) is 0 Å². The second-order valence-corrected chi connectivity index (χ2v) is 5.52. The van der Waals surface area contributed by atoms with Crippen LogP contribution in [0.2, 0.25) is 0 Å². The molecule has 21 heavy (non-hydrogen) atoms. The fraction of sp³-hybridized carbons (Fsp3) is 0.200. The van der Waals surface area contributed by atoms with Crippen molar-refractivity contribution in [1.29, 1.82) is 0 Å². The van der Waals surface area contributed by atoms with Gasteiger partial charge in [-0.25, -0.2) is 4.79 Å². The maximum absolute atomic E-state index is 12.0. The van der Waals surface area contributed by atoms with Crippen molar-refractivity contribution >= 4 is 23.3 Å². The first-order chi connectivity index (χ1) is 10.1. The summed E-state index contributed by atoms with van der Waals surface area (Å²) in [7, 11) is 0. The molecular formula is C15H17N3O2S. The highest BCUT2D eigenvalue weighted by Gasteiger charge is 2.18. The monoisotopic (exact) mass is 303 g/mol. The highest BCUT2D eigenvalue weighted by atomic mass is 32.1. The van der Waals surface area contributed by atoms with Gasteiger partial charge in [0.25, 0.3) is 0 Å². The van der Waals surface area contributed by atoms with Crippen molar-refractivity contribution in [3.05, 3.63) is 58.3 Å². The first-order valence-corrected chi connectivity index (χ1v) is 7.43. The molecule has 5 nitrogen and oxygen atoms in total. The average Bonchev–Trinajstić information content (AvgIpc) is 2.99. The van der Waals surface area contributed by atoms with Gasteiger partial charge < -0.3 is 16.4 Å². The number of nitrogens with one attached hydrogen (secondary N) is 2. The molecule has 110 valence electrons. The van der Waals surface area contributed by atoms with Gasteiger partial charge in [0.1, 0.15) is 0 Å². The van der Waals surface area contributed by atoms with E-state index in [1.54, 1.807) is 0 Å². The van der Waals surface area contributed by atoms with Crippen molar-refractivity contribution in [3.8, 4) is 0 Å². The number of nitrogens with two attached hydrogens (primary N) is 1. The summed E-state index contributed by atoms with van der Waals surface area (Å²) in [6.45, 7) is 0.466. The van der Waals surface area contributed by atoms with Crippen LogP contribution in [0.5, 0.6) is 0 Å². The molecule has 1 unspecified atom stereocenters. The number of thiophene rings is 1. The molecule has 0 aliphatic carbocycles. The van der Waals surface area contributed by atoms with E-state index in [1.807, 2.05) is 47.8 Å². The van der Waals surface area contributed by atoms with E-state index in [0.29, 0.717) is 6.54 Å². The molecule has 0 aliphatic rings. The van der Waals surface area contributed by atoms with Crippen LogP contribution in [0.1, 0.15) is 22.9 Å². The average molecular weight is 303 g/mol. The zero-order valence-corrected chi connectivity index (χ0v) is 12.2. The molecule has 1 atom stereocenters. The highest BCUT2D eigenvalue weighted by molar-refractivity contribution is 7.10. The Bertz CT molecular complexity index is 584. The van der Waals surface area contributed by atoms with Gasteiger partial charge in [0.15, 0.2) is 0 Å². The molecule has 0 saturated heterocycles. The summed E-state index contributed by atoms with van der Waals surface area (Å²) in [6.07, 6.45) is 0.163. The molecule has 1 aromatic heterocycles. The number of amides is 3. The fourth-order valence-corrected chi connectivity index (χ4v) is 2.72. The summed E-state index contributed by atoms with van der Waals surface area (Å²) in [5.74, 6) is -0.133. The molecule has 0 bridgehead atoms. The minimum atomic E-state index is -0.635. The molecule has 0 aliphatic heterocycles. The lowest BCUT2D eigenvalue weighted by Gasteiger charge is -2.15. The lowest BCUT2D eigenvalue weighted by Crippen LogP contribution is -2.36. The Morgan fingerprint density at radius 3 is 2.52 bits per heavy atom. The van der Waals surface area contributed by atoms with Gasteiger partial charge in [-0.2, -0.15) is 0 Å². The van der Waals surface area contributed by atoms with E-state index in [0.717, 1.165) is 10.4 Å². The minimum Gasteiger partial charge on any atom is -0.352 e. The Kier molecular flexibility index (Phi) is 5.34. The quantitative estimate of drug-likeness (QED) is 0.764. The van der Waals surface area contributed by atoms with E-state index in [4.69, 9.17) is 5.73 Å². The van der Waals surface area contributed by atoms with Crippen molar-refractivity contribution in [2.24, 2.45) is 5.73 Å². The van der Waals surface area contributed by atoms with Gasteiger partial charge >= 0.3 is 6.03 Å². The molecule has 0 radical (unpaired) electrons. The summed E-state index contributed by atoms with van der Waals surface area (Å²) in [4.78, 5) is 24.0. The first kappa shape index (κ1) is 15.1. The van der Waals surface area contributed by atoms with Crippen molar-refractivity contribution in [1.82, 2.24) is 10.6 Å². The molecule has 0 saturated carbocycles. The lowest BCUT2D eigenvalue weighted by atomic mass is 10.1. The normalized spacial score (nSPS) is 11.6. The Morgan fingerprint density at radius 1 is 1.14 bits per heavy atom. The Balaban J connectivity index is 1.90. The number of urea groups is 1. The van der Waals surface area contributed by atoms with E-state index in [1.165, 1.54) is 11.3 Å². The van der Waals surface area contributed by atoms with Crippen LogP contribution in [-0.4, -0.2) is 11.9 Å². The zero-order valence-electron chi connectivity index (χ0n) is 11.4. The van der Waals surface area contributed by atoms with Crippen molar-refractivity contribution in [3.63, 3.8) is 0 Å². The summed E-state index contributed by atoms with van der Waals surface area (Å²) in [5.41, 5.74) is 6.19. The molecule has 0 fully saturated rings. The molecule has 1 aromatic carbocycles. The molecule has 2 aromatic rings. The number of carbonyl (C=O) groups is 2. The van der Waals surface area contributed by atoms with E-state index < -0.39 is 12.1 Å². The predicted molar refractivity (Wildman–Crippen MR) is 82.7 cm³/mol. The second-order valence-electron chi connectivity index (χ2n) is 4.54. The van der Waals surface area contributed by atoms with E-state index >= 15 is 0 Å². The third kappa shape index (κ3) is 4.92. The summed E-state index contributed by atoms with van der Waals surface area (Å²) < 4.78 is 0. The number of rotatable bonds is 6. The van der Waals surface area contributed by atoms with Crippen LogP contribution >= 0.6 is 11.3 Å². The maximum Gasteiger partial charge on any atom is 0.312 e. The third-order valence-electron chi connectivity index (χ3n) is 2.93. The minimum absolute atomic E-state index is 0.133. The fourth-order valence-electron chi connectivity index (χ4n) is 1.94. The first-order valence-electron chi connectivity index (χ1n) is 6.55. The molecule has 6 heteroatoms. The number of primary amides is 1. The Morgan fingerprint density at radius 2 is 1.90 bits per heavy atom. The van der Waals surface area contributed by atoms with Gasteiger partial charge in [0.05, 0.1) is 12.5 Å². The number of hydrogen-bond donors (Lipinski definition) is 3. The van der Waals surface area contributed by atoms with Crippen LogP contribution in [0.3, 0.4) is 0 Å². The maximum atomic E-state index is 12.0. The molecular weight excluding hydrogens is 286 g/mol. The second kappa shape index (κ2) is 7.44. The number of carbonyl (C=O) groups excluding carboxylic acids is 2. The van der Waals surface area contributed by atoms with Crippen LogP contribution < -0.4 is 16.4 Å². The largest absolute Gasteiger partial charge is 0.352 e. The van der Waals surface area contributed by atoms with E-state index in [-0.39, 0.29) is 12.3 Å². The molecule has 1 heterocycles. The SMILES string of the molecule is NC(=O)NC(CC(=O)NCc1ccccc1)c1cccs1. The lowest BCUT2D eigenvalue weighted by molar-refractivity contribution is -0.121. The standard InChI is InChI=1S/C15H17N3O2S/c16-15(20)18-12(13-7-4-8-21-13)9-14(19)17-10-11-5-2-1-3-6-11/h1-8,12H,9-10H2,(H,17,19)(H3,16,18,20). The van der Waals surface area contributed by atoms with Gasteiger partial charge in [0.2, 0.25) is 5.91 Å². The predicted octanol–water partition coefficient (Wildman–Crippen LogP) is 2.16. The third-order valence-corrected chi connectivity index (χ3v) is 3.91. The van der Waals surface area contributed by atoms with Crippen LogP contribution in [0.15, 0.2) is 47.8 Å². The van der Waals surface area contributed by atoms with Crippen molar-refractivity contribution in [2.75, 3.05) is 0 Å². The molecule has 4 N–H and O–H groups in total. The Labute approximate surface area is 127 Å². The highest BCUT2D eigenvalue weighted by Crippen LogP contribution is 2.21. The van der Waals surface area contributed by atoms with Crippen molar-refractivity contribution < 1.29 is 9.59 Å². The molecule has 0 spiro atoms. The van der Waals surface area contributed by atoms with Gasteiger partial charge in [0, 0.05) is 11.4 Å². The van der Waals surface area contributed by atoms with Crippen LogP contribution in [0.4, 0.5) is 4.79 Å². The van der Waals surface area contributed by atoms with E-state index in [2.05, 4.69) is 10.6 Å². The smallest absolute Gasteiger partial charge is 0.312 e. The number of hydrogen-bond acceptors (Lipinski definition) is 3. The van der Waals surface area contributed by atoms with Crippen molar-refractivity contribution in [2.45, 2.75) is 19.0 Å². The number of benzene rings is 1. The van der Waals surface area contributed by atoms with Gasteiger partial charge in [-0.1, -0.05) is 36.4 Å². The summed E-state index contributed by atoms with van der Waals surface area (Å²) in [5, 5.41) is 7.33. The Hall–Kier alpha value is -2.34. The molecule has 3 amide bonds. The summed E-state index contributed by atoms with van der Waals surface area (Å²) in [6, 6.07) is 12.4. The topological polar surface area (TPSA) is 84.2 Å². The van der Waals surface area contributed by atoms with Gasteiger partial charge in [-0.3, -0.25) is 4.79 Å². The van der Waals surface area contributed by atoms with E-state index in [9.17, 15) is 9.59 Å². The summed E-state index contributed by atoms with van der Waals surface area (Å²) >= 11 is 1.48. The van der Waals surface area contributed by atoms with Crippen LogP contribution in [-0.2, 0) is 11.3 Å². The molecule has 2 rings (SSSR count). The van der Waals surface area contributed by atoms with Gasteiger partial charge in [-0.15, -0.1) is 11.3 Å². The zero-order chi connectivity index (χ0) is 15.1. The van der Waals surface area contributed by atoms with Gasteiger partial charge in [-0.05, 0) is 17.0 Å².